The molecule has 0 heterocycles. The lowest BCUT2D eigenvalue weighted by Crippen LogP contribution is -2.36. The first kappa shape index (κ1) is 14.7. The zero-order valence-corrected chi connectivity index (χ0v) is 10.8. The molecule has 0 aromatic heterocycles. The summed E-state index contributed by atoms with van der Waals surface area (Å²) in [6.45, 7) is 12.4. The summed E-state index contributed by atoms with van der Waals surface area (Å²) >= 11 is 0. The molecule has 0 amide bonds. The predicted molar refractivity (Wildman–Crippen MR) is 67.2 cm³/mol. The quantitative estimate of drug-likeness (QED) is 0.595. The smallest absolute Gasteiger partial charge is 0.0467 e. The van der Waals surface area contributed by atoms with Crippen LogP contribution in [0.2, 0.25) is 0 Å². The fraction of sp³-hybridized carbons (Fsp3) is 0.846. The lowest BCUT2D eigenvalue weighted by atomic mass is 9.89. The Kier molecular flexibility index (Phi) is 7.71. The maximum atomic E-state index is 5.11. The van der Waals surface area contributed by atoms with E-state index in [2.05, 4.69) is 32.7 Å². The highest BCUT2D eigenvalue weighted by Gasteiger charge is 2.17. The zero-order chi connectivity index (χ0) is 11.7. The standard InChI is InChI=1S/C13H27NO/c1-6-7-8-12(2)14-11-13(3,4)9-10-15-5/h6,12,14H,1,7-11H2,2-5H3. The Bertz CT molecular complexity index is 166. The van der Waals surface area contributed by atoms with Crippen molar-refractivity contribution in [1.82, 2.24) is 5.32 Å². The van der Waals surface area contributed by atoms with Crippen LogP contribution in [0.1, 0.15) is 40.0 Å². The summed E-state index contributed by atoms with van der Waals surface area (Å²) in [4.78, 5) is 0. The molecule has 0 aliphatic heterocycles. The minimum atomic E-state index is 0.318. The fourth-order valence-corrected chi connectivity index (χ4v) is 1.39. The topological polar surface area (TPSA) is 21.3 Å². The van der Waals surface area contributed by atoms with Crippen LogP contribution in [0.15, 0.2) is 12.7 Å². The Morgan fingerprint density at radius 3 is 2.67 bits per heavy atom. The first-order chi connectivity index (χ1) is 7.02. The summed E-state index contributed by atoms with van der Waals surface area (Å²) < 4.78 is 5.11. The highest BCUT2D eigenvalue weighted by Crippen LogP contribution is 2.19. The Balaban J connectivity index is 3.66. The van der Waals surface area contributed by atoms with Crippen LogP contribution in [0.4, 0.5) is 0 Å². The van der Waals surface area contributed by atoms with Crippen LogP contribution in [-0.2, 0) is 4.74 Å². The van der Waals surface area contributed by atoms with Gasteiger partial charge in [0, 0.05) is 26.3 Å². The molecule has 0 spiro atoms. The van der Waals surface area contributed by atoms with Gasteiger partial charge in [-0.2, -0.15) is 0 Å². The third-order valence-corrected chi connectivity index (χ3v) is 2.72. The second kappa shape index (κ2) is 7.89. The Hall–Kier alpha value is -0.340. The molecule has 1 N–H and O–H groups in total. The van der Waals surface area contributed by atoms with Crippen molar-refractivity contribution in [3.05, 3.63) is 12.7 Å². The van der Waals surface area contributed by atoms with E-state index in [1.165, 1.54) is 6.42 Å². The molecule has 1 atom stereocenters. The van der Waals surface area contributed by atoms with Crippen molar-refractivity contribution < 1.29 is 4.74 Å². The van der Waals surface area contributed by atoms with Crippen LogP contribution in [0.5, 0.6) is 0 Å². The van der Waals surface area contributed by atoms with Gasteiger partial charge in [0.15, 0.2) is 0 Å². The molecule has 2 heteroatoms. The molecular weight excluding hydrogens is 186 g/mol. The first-order valence-electron chi connectivity index (χ1n) is 5.85. The number of hydrogen-bond donors (Lipinski definition) is 1. The largest absolute Gasteiger partial charge is 0.385 e. The third-order valence-electron chi connectivity index (χ3n) is 2.72. The summed E-state index contributed by atoms with van der Waals surface area (Å²) in [6, 6.07) is 0.574. The van der Waals surface area contributed by atoms with E-state index in [0.29, 0.717) is 11.5 Å². The fourth-order valence-electron chi connectivity index (χ4n) is 1.39. The van der Waals surface area contributed by atoms with E-state index in [1.54, 1.807) is 7.11 Å². The van der Waals surface area contributed by atoms with Gasteiger partial charge in [-0.25, -0.2) is 0 Å². The van der Waals surface area contributed by atoms with Crippen molar-refractivity contribution in [3.8, 4) is 0 Å². The van der Waals surface area contributed by atoms with E-state index in [1.807, 2.05) is 6.08 Å². The lowest BCUT2D eigenvalue weighted by molar-refractivity contribution is 0.149. The van der Waals surface area contributed by atoms with E-state index in [0.717, 1.165) is 26.0 Å². The normalized spacial score (nSPS) is 13.9. The molecule has 0 fully saturated rings. The predicted octanol–water partition coefficient (Wildman–Crippen LogP) is 2.99. The summed E-state index contributed by atoms with van der Waals surface area (Å²) in [7, 11) is 1.76. The number of nitrogens with one attached hydrogen (secondary N) is 1. The van der Waals surface area contributed by atoms with E-state index in [9.17, 15) is 0 Å². The number of methoxy groups -OCH3 is 1. The molecule has 0 radical (unpaired) electrons. The van der Waals surface area contributed by atoms with Crippen molar-refractivity contribution >= 4 is 0 Å². The summed E-state index contributed by atoms with van der Waals surface area (Å²) in [5.74, 6) is 0. The highest BCUT2D eigenvalue weighted by atomic mass is 16.5. The molecular formula is C13H27NO. The molecule has 0 aliphatic rings. The number of hydrogen-bond acceptors (Lipinski definition) is 2. The summed E-state index contributed by atoms with van der Waals surface area (Å²) in [5.41, 5.74) is 0.318. The monoisotopic (exact) mass is 213 g/mol. The van der Waals surface area contributed by atoms with E-state index >= 15 is 0 Å². The van der Waals surface area contributed by atoms with Crippen molar-refractivity contribution in [2.75, 3.05) is 20.3 Å². The number of rotatable bonds is 9. The SMILES string of the molecule is C=CCCC(C)NCC(C)(C)CCOC. The molecule has 0 aromatic rings. The second-order valence-corrected chi connectivity index (χ2v) is 5.05. The van der Waals surface area contributed by atoms with Crippen LogP contribution in [0.25, 0.3) is 0 Å². The minimum Gasteiger partial charge on any atom is -0.385 e. The van der Waals surface area contributed by atoms with Gasteiger partial charge in [0.2, 0.25) is 0 Å². The van der Waals surface area contributed by atoms with E-state index < -0.39 is 0 Å². The molecule has 0 saturated heterocycles. The van der Waals surface area contributed by atoms with Gasteiger partial charge in [-0.15, -0.1) is 6.58 Å². The Morgan fingerprint density at radius 1 is 1.47 bits per heavy atom. The van der Waals surface area contributed by atoms with Gasteiger partial charge in [-0.05, 0) is 31.6 Å². The average Bonchev–Trinajstić information content (AvgIpc) is 2.21. The minimum absolute atomic E-state index is 0.318. The highest BCUT2D eigenvalue weighted by molar-refractivity contribution is 4.76. The summed E-state index contributed by atoms with van der Waals surface area (Å²) in [6.07, 6.45) is 5.34. The lowest BCUT2D eigenvalue weighted by Gasteiger charge is -2.26. The van der Waals surface area contributed by atoms with Gasteiger partial charge in [0.05, 0.1) is 0 Å². The van der Waals surface area contributed by atoms with Crippen LogP contribution < -0.4 is 5.32 Å². The van der Waals surface area contributed by atoms with Crippen LogP contribution in [-0.4, -0.2) is 26.3 Å². The maximum Gasteiger partial charge on any atom is 0.0467 e. The Morgan fingerprint density at radius 2 is 2.13 bits per heavy atom. The van der Waals surface area contributed by atoms with Crippen molar-refractivity contribution in [1.29, 1.82) is 0 Å². The van der Waals surface area contributed by atoms with Gasteiger partial charge in [0.1, 0.15) is 0 Å². The van der Waals surface area contributed by atoms with Crippen LogP contribution in [0, 0.1) is 5.41 Å². The second-order valence-electron chi connectivity index (χ2n) is 5.05. The van der Waals surface area contributed by atoms with Crippen molar-refractivity contribution in [2.45, 2.75) is 46.1 Å². The molecule has 0 aromatic carbocycles. The maximum absolute atomic E-state index is 5.11. The molecule has 1 unspecified atom stereocenters. The molecule has 15 heavy (non-hydrogen) atoms. The average molecular weight is 213 g/mol. The Labute approximate surface area is 95.1 Å². The third kappa shape index (κ3) is 8.64. The van der Waals surface area contributed by atoms with Gasteiger partial charge >= 0.3 is 0 Å². The van der Waals surface area contributed by atoms with Crippen LogP contribution in [0.3, 0.4) is 0 Å². The van der Waals surface area contributed by atoms with E-state index in [-0.39, 0.29) is 0 Å². The molecule has 2 nitrogen and oxygen atoms in total. The van der Waals surface area contributed by atoms with Gasteiger partial charge in [0.25, 0.3) is 0 Å². The molecule has 0 rings (SSSR count). The molecule has 0 saturated carbocycles. The van der Waals surface area contributed by atoms with Gasteiger partial charge in [-0.3, -0.25) is 0 Å². The number of allylic oxidation sites excluding steroid dienone is 1. The van der Waals surface area contributed by atoms with E-state index in [4.69, 9.17) is 4.74 Å². The van der Waals surface area contributed by atoms with Gasteiger partial charge < -0.3 is 10.1 Å². The van der Waals surface area contributed by atoms with Crippen LogP contribution >= 0.6 is 0 Å². The van der Waals surface area contributed by atoms with Crippen molar-refractivity contribution in [2.24, 2.45) is 5.41 Å². The zero-order valence-electron chi connectivity index (χ0n) is 10.8. The van der Waals surface area contributed by atoms with Gasteiger partial charge in [-0.1, -0.05) is 19.9 Å². The molecule has 0 aliphatic carbocycles. The molecule has 90 valence electrons. The first-order valence-corrected chi connectivity index (χ1v) is 5.85. The molecule has 0 bridgehead atoms. The summed E-state index contributed by atoms with van der Waals surface area (Å²) in [5, 5.41) is 3.56. The number of ether oxygens (including phenoxy) is 1. The van der Waals surface area contributed by atoms with Crippen molar-refractivity contribution in [3.63, 3.8) is 0 Å².